The number of hydrogen-bond donors (Lipinski definition) is 1. The van der Waals surface area contributed by atoms with Crippen LogP contribution in [0.3, 0.4) is 0 Å². The third-order valence-corrected chi connectivity index (χ3v) is 3.69. The molecule has 1 N–H and O–H groups in total. The number of nitrogens with one attached hydrogen (secondary N) is 1. The minimum absolute atomic E-state index is 0.376. The summed E-state index contributed by atoms with van der Waals surface area (Å²) in [4.78, 5) is 8.98. The lowest BCUT2D eigenvalue weighted by Gasteiger charge is -2.25. The normalized spacial score (nSPS) is 20.0. The van der Waals surface area contributed by atoms with Crippen molar-refractivity contribution in [3.8, 4) is 0 Å². The van der Waals surface area contributed by atoms with E-state index in [1.54, 1.807) is 0 Å². The van der Waals surface area contributed by atoms with Gasteiger partial charge >= 0.3 is 0 Å². The Morgan fingerprint density at radius 1 is 1.38 bits per heavy atom. The van der Waals surface area contributed by atoms with E-state index in [9.17, 15) is 0 Å². The summed E-state index contributed by atoms with van der Waals surface area (Å²) >= 11 is 0. The second-order valence-electron chi connectivity index (χ2n) is 5.24. The topological polar surface area (TPSA) is 37.3 Å². The molecule has 2 heterocycles. The SMILES string of the molecule is C=CCC1=CN=C2C(NCc3ccccn3)=CC=CC2C1. The van der Waals surface area contributed by atoms with Crippen molar-refractivity contribution >= 4 is 5.71 Å². The monoisotopic (exact) mass is 277 g/mol. The Morgan fingerprint density at radius 2 is 2.33 bits per heavy atom. The van der Waals surface area contributed by atoms with Crippen molar-refractivity contribution in [3.05, 3.63) is 78.4 Å². The Hall–Kier alpha value is -2.42. The highest BCUT2D eigenvalue weighted by atomic mass is 14.9. The molecule has 3 rings (SSSR count). The molecule has 1 aliphatic heterocycles. The number of nitrogens with zero attached hydrogens (tertiary/aromatic N) is 2. The lowest BCUT2D eigenvalue weighted by molar-refractivity contribution is 0.754. The average molecular weight is 277 g/mol. The Morgan fingerprint density at radius 3 is 3.14 bits per heavy atom. The van der Waals surface area contributed by atoms with Crippen LogP contribution in [0.5, 0.6) is 0 Å². The van der Waals surface area contributed by atoms with E-state index in [1.807, 2.05) is 36.7 Å². The molecule has 1 aliphatic carbocycles. The molecule has 2 aliphatic rings. The van der Waals surface area contributed by atoms with Gasteiger partial charge in [-0.15, -0.1) is 6.58 Å². The molecular weight excluding hydrogens is 258 g/mol. The first-order chi connectivity index (χ1) is 10.4. The van der Waals surface area contributed by atoms with E-state index in [0.29, 0.717) is 5.92 Å². The third-order valence-electron chi connectivity index (χ3n) is 3.69. The number of aromatic nitrogens is 1. The summed E-state index contributed by atoms with van der Waals surface area (Å²) in [6.45, 7) is 4.52. The molecule has 0 spiro atoms. The largest absolute Gasteiger partial charge is 0.378 e. The minimum atomic E-state index is 0.376. The van der Waals surface area contributed by atoms with Gasteiger partial charge in [-0.25, -0.2) is 0 Å². The van der Waals surface area contributed by atoms with Crippen molar-refractivity contribution in [1.29, 1.82) is 0 Å². The summed E-state index contributed by atoms with van der Waals surface area (Å²) in [6, 6.07) is 5.96. The fraction of sp³-hybridized carbons (Fsp3) is 0.222. The van der Waals surface area contributed by atoms with E-state index < -0.39 is 0 Å². The molecule has 106 valence electrons. The van der Waals surface area contributed by atoms with E-state index >= 15 is 0 Å². The van der Waals surface area contributed by atoms with Gasteiger partial charge < -0.3 is 5.32 Å². The number of aliphatic imine (C=N–C) groups is 1. The Balaban J connectivity index is 1.72. The summed E-state index contributed by atoms with van der Waals surface area (Å²) < 4.78 is 0. The summed E-state index contributed by atoms with van der Waals surface area (Å²) in [6.07, 6.45) is 14.1. The molecule has 0 saturated carbocycles. The van der Waals surface area contributed by atoms with Gasteiger partial charge in [-0.05, 0) is 36.6 Å². The van der Waals surface area contributed by atoms with E-state index in [2.05, 4.69) is 40.1 Å². The number of pyridine rings is 1. The zero-order valence-electron chi connectivity index (χ0n) is 12.0. The van der Waals surface area contributed by atoms with E-state index in [0.717, 1.165) is 36.5 Å². The predicted molar refractivity (Wildman–Crippen MR) is 86.7 cm³/mol. The molecule has 1 atom stereocenters. The van der Waals surface area contributed by atoms with Crippen molar-refractivity contribution in [3.63, 3.8) is 0 Å². The molecule has 0 amide bonds. The van der Waals surface area contributed by atoms with Gasteiger partial charge in [0, 0.05) is 18.3 Å². The lowest BCUT2D eigenvalue weighted by Crippen LogP contribution is -2.28. The molecule has 3 heteroatoms. The second-order valence-corrected chi connectivity index (χ2v) is 5.24. The fourth-order valence-corrected chi connectivity index (χ4v) is 2.65. The fourth-order valence-electron chi connectivity index (χ4n) is 2.65. The van der Waals surface area contributed by atoms with E-state index in [-0.39, 0.29) is 0 Å². The lowest BCUT2D eigenvalue weighted by atomic mass is 9.87. The highest BCUT2D eigenvalue weighted by Gasteiger charge is 2.23. The minimum Gasteiger partial charge on any atom is -0.378 e. The van der Waals surface area contributed by atoms with Gasteiger partial charge in [0.05, 0.1) is 23.6 Å². The van der Waals surface area contributed by atoms with E-state index in [4.69, 9.17) is 0 Å². The maximum absolute atomic E-state index is 4.65. The van der Waals surface area contributed by atoms with Gasteiger partial charge in [-0.3, -0.25) is 9.98 Å². The maximum atomic E-state index is 4.65. The van der Waals surface area contributed by atoms with Gasteiger partial charge in [0.1, 0.15) is 0 Å². The van der Waals surface area contributed by atoms with Crippen LogP contribution in [0.15, 0.2) is 77.7 Å². The summed E-state index contributed by atoms with van der Waals surface area (Å²) in [5.41, 5.74) is 4.60. The van der Waals surface area contributed by atoms with Crippen LogP contribution in [0.1, 0.15) is 18.5 Å². The predicted octanol–water partition coefficient (Wildman–Crippen LogP) is 3.55. The zero-order valence-corrected chi connectivity index (χ0v) is 12.0. The smallest absolute Gasteiger partial charge is 0.0706 e. The van der Waals surface area contributed by atoms with Crippen molar-refractivity contribution in [2.45, 2.75) is 19.4 Å². The molecule has 0 bridgehead atoms. The van der Waals surface area contributed by atoms with Gasteiger partial charge in [0.2, 0.25) is 0 Å². The molecule has 0 aromatic carbocycles. The molecule has 21 heavy (non-hydrogen) atoms. The van der Waals surface area contributed by atoms with Gasteiger partial charge in [0.15, 0.2) is 0 Å². The summed E-state index contributed by atoms with van der Waals surface area (Å²) in [5, 5.41) is 3.45. The van der Waals surface area contributed by atoms with Crippen molar-refractivity contribution < 1.29 is 0 Å². The van der Waals surface area contributed by atoms with Gasteiger partial charge in [0.25, 0.3) is 0 Å². The van der Waals surface area contributed by atoms with Crippen LogP contribution in [0.2, 0.25) is 0 Å². The van der Waals surface area contributed by atoms with E-state index in [1.165, 1.54) is 5.57 Å². The van der Waals surface area contributed by atoms with Crippen LogP contribution in [0, 0.1) is 5.92 Å². The highest BCUT2D eigenvalue weighted by Crippen LogP contribution is 2.27. The first-order valence-corrected chi connectivity index (χ1v) is 7.26. The quantitative estimate of drug-likeness (QED) is 0.836. The molecule has 0 fully saturated rings. The Bertz CT molecular complexity index is 636. The van der Waals surface area contributed by atoms with Crippen LogP contribution in [-0.4, -0.2) is 10.7 Å². The average Bonchev–Trinajstić information content (AvgIpc) is 2.54. The number of fused-ring (bicyclic) bond motifs is 1. The van der Waals surface area contributed by atoms with Crippen LogP contribution < -0.4 is 5.32 Å². The Kier molecular flexibility index (Phi) is 4.10. The molecule has 1 unspecified atom stereocenters. The molecule has 1 aromatic rings. The summed E-state index contributed by atoms with van der Waals surface area (Å²) in [7, 11) is 0. The van der Waals surface area contributed by atoms with Crippen molar-refractivity contribution in [1.82, 2.24) is 10.3 Å². The zero-order chi connectivity index (χ0) is 14.5. The van der Waals surface area contributed by atoms with Crippen LogP contribution in [0.4, 0.5) is 0 Å². The standard InChI is InChI=1S/C18H19N3/c1-2-6-14-11-15-7-5-9-17(18(15)21-12-14)20-13-16-8-3-4-10-19-16/h2-5,7-10,12,15,20H,1,6,11,13H2. The van der Waals surface area contributed by atoms with Gasteiger partial charge in [-0.2, -0.15) is 0 Å². The number of allylic oxidation sites excluding steroid dienone is 6. The van der Waals surface area contributed by atoms with Gasteiger partial charge in [-0.1, -0.05) is 24.3 Å². The van der Waals surface area contributed by atoms with Crippen molar-refractivity contribution in [2.24, 2.45) is 10.9 Å². The summed E-state index contributed by atoms with van der Waals surface area (Å²) in [5.74, 6) is 0.376. The maximum Gasteiger partial charge on any atom is 0.0706 e. The molecule has 3 nitrogen and oxygen atoms in total. The second kappa shape index (κ2) is 6.35. The molecular formula is C18H19N3. The number of hydrogen-bond acceptors (Lipinski definition) is 3. The van der Waals surface area contributed by atoms with Crippen LogP contribution in [-0.2, 0) is 6.54 Å². The van der Waals surface area contributed by atoms with Crippen molar-refractivity contribution in [2.75, 3.05) is 0 Å². The first kappa shape index (κ1) is 13.6. The van der Waals surface area contributed by atoms with Crippen LogP contribution >= 0.6 is 0 Å². The number of rotatable bonds is 5. The highest BCUT2D eigenvalue weighted by molar-refractivity contribution is 6.04. The third kappa shape index (κ3) is 3.19. The molecule has 1 aromatic heterocycles. The first-order valence-electron chi connectivity index (χ1n) is 7.26. The molecule has 0 saturated heterocycles. The van der Waals surface area contributed by atoms with Crippen LogP contribution in [0.25, 0.3) is 0 Å². The molecule has 0 radical (unpaired) electrons. The Labute approximate surface area is 125 Å².